The van der Waals surface area contributed by atoms with Crippen molar-refractivity contribution in [1.82, 2.24) is 15.2 Å². The summed E-state index contributed by atoms with van der Waals surface area (Å²) in [7, 11) is 0. The summed E-state index contributed by atoms with van der Waals surface area (Å²) in [5, 5.41) is 9.50. The van der Waals surface area contributed by atoms with E-state index in [9.17, 15) is 9.18 Å². The third-order valence-electron chi connectivity index (χ3n) is 2.70. The fraction of sp³-hybridized carbons (Fsp3) is 0. The number of fused-ring (bicyclic) bond motifs is 1. The van der Waals surface area contributed by atoms with E-state index in [1.165, 1.54) is 12.1 Å². The highest BCUT2D eigenvalue weighted by atomic mass is 19.1. The van der Waals surface area contributed by atoms with E-state index in [1.807, 2.05) is 0 Å². The molecule has 0 aliphatic carbocycles. The lowest BCUT2D eigenvalue weighted by Gasteiger charge is -2.02. The maximum absolute atomic E-state index is 13.5. The molecule has 0 radical (unpaired) electrons. The van der Waals surface area contributed by atoms with Gasteiger partial charge in [0.15, 0.2) is 5.82 Å². The quantitative estimate of drug-likeness (QED) is 0.739. The number of halogens is 1. The molecule has 5 nitrogen and oxygen atoms in total. The van der Waals surface area contributed by atoms with E-state index in [1.54, 1.807) is 30.6 Å². The third-order valence-corrected chi connectivity index (χ3v) is 2.70. The van der Waals surface area contributed by atoms with Gasteiger partial charge in [-0.1, -0.05) is 12.1 Å². The van der Waals surface area contributed by atoms with Crippen molar-refractivity contribution in [3.8, 4) is 0 Å². The Hall–Kier alpha value is -2.76. The number of carbonyl (C=O) groups is 1. The number of rotatable bonds is 2. The standard InChI is InChI=1S/C13H9FN4O/c14-10-3-1-2-9-11(10)17-18-12(9)13(19)16-8-4-6-15-7-5-8/h1-7H,(H,17,18)(H,15,16,19). The first-order valence-electron chi connectivity index (χ1n) is 5.59. The zero-order valence-electron chi connectivity index (χ0n) is 9.72. The van der Waals surface area contributed by atoms with Crippen LogP contribution in [0.3, 0.4) is 0 Å². The number of benzene rings is 1. The van der Waals surface area contributed by atoms with Crippen molar-refractivity contribution in [2.75, 3.05) is 5.32 Å². The molecular weight excluding hydrogens is 247 g/mol. The normalized spacial score (nSPS) is 10.6. The molecule has 1 amide bonds. The number of carbonyl (C=O) groups excluding carboxylic acids is 1. The first-order chi connectivity index (χ1) is 9.25. The van der Waals surface area contributed by atoms with Gasteiger partial charge in [-0.2, -0.15) is 5.10 Å². The van der Waals surface area contributed by atoms with Gasteiger partial charge in [-0.15, -0.1) is 0 Å². The molecule has 0 bridgehead atoms. The Morgan fingerprint density at radius 1 is 1.21 bits per heavy atom. The number of para-hydroxylation sites is 1. The lowest BCUT2D eigenvalue weighted by atomic mass is 10.2. The monoisotopic (exact) mass is 256 g/mol. The average molecular weight is 256 g/mol. The van der Waals surface area contributed by atoms with Crippen LogP contribution in [0.2, 0.25) is 0 Å². The molecular formula is C13H9FN4O. The maximum atomic E-state index is 13.5. The predicted molar refractivity (Wildman–Crippen MR) is 68.2 cm³/mol. The fourth-order valence-corrected chi connectivity index (χ4v) is 1.80. The molecule has 6 heteroatoms. The number of hydrogen-bond acceptors (Lipinski definition) is 3. The first-order valence-corrected chi connectivity index (χ1v) is 5.59. The van der Waals surface area contributed by atoms with Gasteiger partial charge >= 0.3 is 0 Å². The second kappa shape index (κ2) is 4.49. The van der Waals surface area contributed by atoms with E-state index in [4.69, 9.17) is 0 Å². The molecule has 3 aromatic rings. The number of H-pyrrole nitrogens is 1. The fourth-order valence-electron chi connectivity index (χ4n) is 1.80. The molecule has 0 saturated heterocycles. The van der Waals surface area contributed by atoms with Gasteiger partial charge in [0.2, 0.25) is 0 Å². The van der Waals surface area contributed by atoms with Crippen molar-refractivity contribution >= 4 is 22.5 Å². The Balaban J connectivity index is 1.96. The topological polar surface area (TPSA) is 70.7 Å². The van der Waals surface area contributed by atoms with Crippen LogP contribution in [0.5, 0.6) is 0 Å². The van der Waals surface area contributed by atoms with Crippen LogP contribution in [0.4, 0.5) is 10.1 Å². The Kier molecular flexibility index (Phi) is 2.68. The number of amides is 1. The van der Waals surface area contributed by atoms with E-state index in [0.29, 0.717) is 11.1 Å². The average Bonchev–Trinajstić information content (AvgIpc) is 2.85. The van der Waals surface area contributed by atoms with Gasteiger partial charge in [-0.25, -0.2) is 4.39 Å². The molecule has 3 rings (SSSR count). The molecule has 0 aliphatic heterocycles. The highest BCUT2D eigenvalue weighted by Gasteiger charge is 2.15. The Labute approximate surface area is 107 Å². The minimum absolute atomic E-state index is 0.155. The Morgan fingerprint density at radius 2 is 2.00 bits per heavy atom. The second-order valence-electron chi connectivity index (χ2n) is 3.92. The number of hydrogen-bond donors (Lipinski definition) is 2. The molecule has 2 heterocycles. The van der Waals surface area contributed by atoms with Gasteiger partial charge in [0, 0.05) is 23.5 Å². The molecule has 2 aromatic heterocycles. The number of pyridine rings is 1. The highest BCUT2D eigenvalue weighted by molar-refractivity contribution is 6.11. The lowest BCUT2D eigenvalue weighted by molar-refractivity contribution is 0.102. The number of anilines is 1. The van der Waals surface area contributed by atoms with Crippen LogP contribution in [0, 0.1) is 5.82 Å². The van der Waals surface area contributed by atoms with E-state index in [-0.39, 0.29) is 17.1 Å². The summed E-state index contributed by atoms with van der Waals surface area (Å²) in [5.74, 6) is -0.837. The van der Waals surface area contributed by atoms with Crippen LogP contribution in [-0.4, -0.2) is 21.1 Å². The summed E-state index contributed by atoms with van der Waals surface area (Å²) < 4.78 is 13.5. The Bertz CT molecular complexity index is 739. The van der Waals surface area contributed by atoms with Gasteiger partial charge in [0.1, 0.15) is 11.2 Å². The van der Waals surface area contributed by atoms with Crippen LogP contribution in [-0.2, 0) is 0 Å². The molecule has 0 fully saturated rings. The zero-order chi connectivity index (χ0) is 13.2. The van der Waals surface area contributed by atoms with Gasteiger partial charge in [-0.3, -0.25) is 14.9 Å². The molecule has 0 atom stereocenters. The minimum Gasteiger partial charge on any atom is -0.321 e. The number of aromatic amines is 1. The predicted octanol–water partition coefficient (Wildman–Crippen LogP) is 2.35. The summed E-state index contributed by atoms with van der Waals surface area (Å²) in [5.41, 5.74) is 0.993. The molecule has 94 valence electrons. The van der Waals surface area contributed by atoms with Crippen molar-refractivity contribution in [2.45, 2.75) is 0 Å². The van der Waals surface area contributed by atoms with Crippen LogP contribution in [0.15, 0.2) is 42.7 Å². The van der Waals surface area contributed by atoms with E-state index < -0.39 is 5.82 Å². The van der Waals surface area contributed by atoms with Crippen LogP contribution in [0.25, 0.3) is 10.9 Å². The molecule has 0 saturated carbocycles. The van der Waals surface area contributed by atoms with Gasteiger partial charge in [-0.05, 0) is 18.2 Å². The smallest absolute Gasteiger partial charge is 0.274 e. The maximum Gasteiger partial charge on any atom is 0.274 e. The second-order valence-corrected chi connectivity index (χ2v) is 3.92. The summed E-state index contributed by atoms with van der Waals surface area (Å²) in [6, 6.07) is 7.81. The SMILES string of the molecule is O=C(Nc1ccncc1)c1[nH]nc2c(F)cccc12. The minimum atomic E-state index is -0.461. The van der Waals surface area contributed by atoms with Crippen molar-refractivity contribution < 1.29 is 9.18 Å². The van der Waals surface area contributed by atoms with Crippen LogP contribution < -0.4 is 5.32 Å². The summed E-state index contributed by atoms with van der Waals surface area (Å²) >= 11 is 0. The molecule has 19 heavy (non-hydrogen) atoms. The summed E-state index contributed by atoms with van der Waals surface area (Å²) in [6.45, 7) is 0. The lowest BCUT2D eigenvalue weighted by Crippen LogP contribution is -2.12. The van der Waals surface area contributed by atoms with Crippen LogP contribution >= 0.6 is 0 Å². The van der Waals surface area contributed by atoms with E-state index in [2.05, 4.69) is 20.5 Å². The molecule has 0 unspecified atom stereocenters. The number of nitrogens with one attached hydrogen (secondary N) is 2. The Morgan fingerprint density at radius 3 is 2.79 bits per heavy atom. The van der Waals surface area contributed by atoms with Crippen molar-refractivity contribution in [3.63, 3.8) is 0 Å². The number of aromatic nitrogens is 3. The molecule has 0 spiro atoms. The van der Waals surface area contributed by atoms with E-state index >= 15 is 0 Å². The number of nitrogens with zero attached hydrogens (tertiary/aromatic N) is 2. The first kappa shape index (κ1) is 11.3. The summed E-state index contributed by atoms with van der Waals surface area (Å²) in [6.07, 6.45) is 3.14. The highest BCUT2D eigenvalue weighted by Crippen LogP contribution is 2.19. The van der Waals surface area contributed by atoms with Gasteiger partial charge in [0.05, 0.1) is 0 Å². The van der Waals surface area contributed by atoms with Crippen molar-refractivity contribution in [3.05, 3.63) is 54.2 Å². The third kappa shape index (κ3) is 2.03. The summed E-state index contributed by atoms with van der Waals surface area (Å²) in [4.78, 5) is 15.9. The van der Waals surface area contributed by atoms with Crippen molar-refractivity contribution in [2.24, 2.45) is 0 Å². The zero-order valence-corrected chi connectivity index (χ0v) is 9.72. The van der Waals surface area contributed by atoms with Gasteiger partial charge < -0.3 is 5.32 Å². The molecule has 0 aliphatic rings. The van der Waals surface area contributed by atoms with Gasteiger partial charge in [0.25, 0.3) is 5.91 Å². The molecule has 2 N–H and O–H groups in total. The molecule has 1 aromatic carbocycles. The van der Waals surface area contributed by atoms with Crippen LogP contribution in [0.1, 0.15) is 10.5 Å². The largest absolute Gasteiger partial charge is 0.321 e. The van der Waals surface area contributed by atoms with E-state index in [0.717, 1.165) is 0 Å². The van der Waals surface area contributed by atoms with Crippen molar-refractivity contribution in [1.29, 1.82) is 0 Å².